The van der Waals surface area contributed by atoms with E-state index in [1.54, 1.807) is 0 Å². The summed E-state index contributed by atoms with van der Waals surface area (Å²) in [6.07, 6.45) is 2.57. The summed E-state index contributed by atoms with van der Waals surface area (Å²) >= 11 is 5.92. The topological polar surface area (TPSA) is 32.7 Å². The smallest absolute Gasteiger partial charge is 0.0750 e. The molecular formula is C13H18ClNO2. The van der Waals surface area contributed by atoms with Crippen LogP contribution in [0.3, 0.4) is 0 Å². The van der Waals surface area contributed by atoms with Crippen molar-refractivity contribution in [3.05, 3.63) is 28.8 Å². The molecule has 0 radical (unpaired) electrons. The Balaban J connectivity index is 2.09. The number of nitrogens with zero attached hydrogens (tertiary/aromatic N) is 1. The average Bonchev–Trinajstić information content (AvgIpc) is 2.81. The zero-order valence-electron chi connectivity index (χ0n) is 10.0. The second-order valence-corrected chi connectivity index (χ2v) is 4.88. The normalized spacial score (nSPS) is 19.6. The van der Waals surface area contributed by atoms with Gasteiger partial charge in [-0.05, 0) is 31.0 Å². The second-order valence-electron chi connectivity index (χ2n) is 4.45. The first-order valence-corrected chi connectivity index (χ1v) is 6.30. The Bertz CT molecular complexity index is 378. The quantitative estimate of drug-likeness (QED) is 0.897. The van der Waals surface area contributed by atoms with E-state index in [1.807, 2.05) is 25.2 Å². The number of rotatable bonds is 4. The third-order valence-electron chi connectivity index (χ3n) is 3.12. The Morgan fingerprint density at radius 3 is 3.00 bits per heavy atom. The van der Waals surface area contributed by atoms with Crippen molar-refractivity contribution in [1.82, 2.24) is 0 Å². The van der Waals surface area contributed by atoms with Crippen LogP contribution in [0.25, 0.3) is 0 Å². The number of hydrogen-bond acceptors (Lipinski definition) is 3. The van der Waals surface area contributed by atoms with E-state index in [1.165, 1.54) is 0 Å². The van der Waals surface area contributed by atoms with Crippen LogP contribution in [0.5, 0.6) is 0 Å². The van der Waals surface area contributed by atoms with Crippen molar-refractivity contribution in [2.75, 3.05) is 25.1 Å². The molecule has 0 saturated carbocycles. The Labute approximate surface area is 107 Å². The minimum Gasteiger partial charge on any atom is -0.392 e. The van der Waals surface area contributed by atoms with Gasteiger partial charge >= 0.3 is 0 Å². The van der Waals surface area contributed by atoms with Gasteiger partial charge in [0.2, 0.25) is 0 Å². The third-order valence-corrected chi connectivity index (χ3v) is 3.36. The molecule has 0 bridgehead atoms. The van der Waals surface area contributed by atoms with Crippen LogP contribution in [0.1, 0.15) is 18.4 Å². The Morgan fingerprint density at radius 2 is 2.35 bits per heavy atom. The number of anilines is 1. The number of hydrogen-bond donors (Lipinski definition) is 1. The SMILES string of the molecule is CN(CC1CCCO1)c1ccc(Cl)cc1CO. The summed E-state index contributed by atoms with van der Waals surface area (Å²) in [5.41, 5.74) is 1.88. The highest BCUT2D eigenvalue weighted by Crippen LogP contribution is 2.25. The lowest BCUT2D eigenvalue weighted by molar-refractivity contribution is 0.116. The molecule has 1 aliphatic heterocycles. The van der Waals surface area contributed by atoms with E-state index in [0.717, 1.165) is 37.2 Å². The predicted molar refractivity (Wildman–Crippen MR) is 69.6 cm³/mol. The molecule has 1 aromatic rings. The summed E-state index contributed by atoms with van der Waals surface area (Å²) in [4.78, 5) is 2.12. The van der Waals surface area contributed by atoms with Crippen LogP contribution in [-0.2, 0) is 11.3 Å². The maximum absolute atomic E-state index is 9.34. The van der Waals surface area contributed by atoms with Crippen molar-refractivity contribution in [2.24, 2.45) is 0 Å². The highest BCUT2D eigenvalue weighted by molar-refractivity contribution is 6.30. The summed E-state index contributed by atoms with van der Waals surface area (Å²) in [5.74, 6) is 0. The van der Waals surface area contributed by atoms with E-state index in [4.69, 9.17) is 16.3 Å². The summed E-state index contributed by atoms with van der Waals surface area (Å²) in [5, 5.41) is 9.99. The highest BCUT2D eigenvalue weighted by Gasteiger charge is 2.18. The molecular weight excluding hydrogens is 238 g/mol. The number of benzene rings is 1. The molecule has 1 aliphatic rings. The minimum atomic E-state index is 0.00571. The molecule has 1 saturated heterocycles. The van der Waals surface area contributed by atoms with Crippen LogP contribution >= 0.6 is 11.6 Å². The summed E-state index contributed by atoms with van der Waals surface area (Å²) < 4.78 is 5.61. The van der Waals surface area contributed by atoms with Crippen molar-refractivity contribution in [3.8, 4) is 0 Å². The fraction of sp³-hybridized carbons (Fsp3) is 0.538. The van der Waals surface area contributed by atoms with Gasteiger partial charge in [0, 0.05) is 36.5 Å². The van der Waals surface area contributed by atoms with Crippen LogP contribution in [0, 0.1) is 0 Å². The molecule has 1 N–H and O–H groups in total. The average molecular weight is 256 g/mol. The van der Waals surface area contributed by atoms with Gasteiger partial charge in [0.25, 0.3) is 0 Å². The number of ether oxygens (including phenoxy) is 1. The van der Waals surface area contributed by atoms with E-state index in [0.29, 0.717) is 11.1 Å². The lowest BCUT2D eigenvalue weighted by Gasteiger charge is -2.24. The number of aliphatic hydroxyl groups excluding tert-OH is 1. The van der Waals surface area contributed by atoms with E-state index in [2.05, 4.69) is 4.90 Å². The molecule has 94 valence electrons. The van der Waals surface area contributed by atoms with Crippen molar-refractivity contribution in [2.45, 2.75) is 25.6 Å². The summed E-state index contributed by atoms with van der Waals surface area (Å²) in [6, 6.07) is 5.60. The van der Waals surface area contributed by atoms with Gasteiger partial charge in [-0.2, -0.15) is 0 Å². The second kappa shape index (κ2) is 5.71. The Hall–Kier alpha value is -0.770. The maximum atomic E-state index is 9.34. The lowest BCUT2D eigenvalue weighted by Crippen LogP contribution is -2.29. The largest absolute Gasteiger partial charge is 0.392 e. The van der Waals surface area contributed by atoms with Crippen LogP contribution < -0.4 is 4.90 Å². The molecule has 1 aromatic carbocycles. The summed E-state index contributed by atoms with van der Waals surface area (Å²) in [6.45, 7) is 1.73. The fourth-order valence-corrected chi connectivity index (χ4v) is 2.44. The molecule has 1 atom stereocenters. The van der Waals surface area contributed by atoms with Gasteiger partial charge in [0.05, 0.1) is 12.7 Å². The monoisotopic (exact) mass is 255 g/mol. The van der Waals surface area contributed by atoms with Gasteiger partial charge in [0.15, 0.2) is 0 Å². The van der Waals surface area contributed by atoms with Gasteiger partial charge in [-0.15, -0.1) is 0 Å². The number of likely N-dealkylation sites (N-methyl/N-ethyl adjacent to an activating group) is 1. The molecule has 0 amide bonds. The fourth-order valence-electron chi connectivity index (χ4n) is 2.25. The highest BCUT2D eigenvalue weighted by atomic mass is 35.5. The first kappa shape index (κ1) is 12.7. The van der Waals surface area contributed by atoms with Gasteiger partial charge in [-0.1, -0.05) is 11.6 Å². The summed E-state index contributed by atoms with van der Waals surface area (Å²) in [7, 11) is 2.02. The molecule has 17 heavy (non-hydrogen) atoms. The minimum absolute atomic E-state index is 0.00571. The molecule has 1 unspecified atom stereocenters. The van der Waals surface area contributed by atoms with Crippen molar-refractivity contribution >= 4 is 17.3 Å². The number of halogens is 1. The molecule has 0 spiro atoms. The molecule has 1 fully saturated rings. The van der Waals surface area contributed by atoms with Gasteiger partial charge in [-0.3, -0.25) is 0 Å². The predicted octanol–water partition coefficient (Wildman–Crippen LogP) is 2.45. The van der Waals surface area contributed by atoms with Crippen LogP contribution in [-0.4, -0.2) is 31.4 Å². The molecule has 3 nitrogen and oxygen atoms in total. The number of aliphatic hydroxyl groups is 1. The van der Waals surface area contributed by atoms with Crippen LogP contribution in [0.4, 0.5) is 5.69 Å². The van der Waals surface area contributed by atoms with Crippen LogP contribution in [0.15, 0.2) is 18.2 Å². The van der Waals surface area contributed by atoms with Gasteiger partial charge in [0.1, 0.15) is 0 Å². The first-order chi connectivity index (χ1) is 8.20. The first-order valence-electron chi connectivity index (χ1n) is 5.92. The van der Waals surface area contributed by atoms with Crippen LogP contribution in [0.2, 0.25) is 5.02 Å². The zero-order valence-corrected chi connectivity index (χ0v) is 10.8. The van der Waals surface area contributed by atoms with E-state index < -0.39 is 0 Å². The molecule has 1 heterocycles. The molecule has 0 aliphatic carbocycles. The van der Waals surface area contributed by atoms with Crippen molar-refractivity contribution in [3.63, 3.8) is 0 Å². The molecule has 4 heteroatoms. The zero-order chi connectivity index (χ0) is 12.3. The Kier molecular flexibility index (Phi) is 4.26. The molecule has 0 aromatic heterocycles. The maximum Gasteiger partial charge on any atom is 0.0750 e. The van der Waals surface area contributed by atoms with Gasteiger partial charge < -0.3 is 14.7 Å². The third kappa shape index (κ3) is 3.12. The van der Waals surface area contributed by atoms with E-state index in [9.17, 15) is 5.11 Å². The van der Waals surface area contributed by atoms with Gasteiger partial charge in [-0.25, -0.2) is 0 Å². The Morgan fingerprint density at radius 1 is 1.53 bits per heavy atom. The van der Waals surface area contributed by atoms with E-state index in [-0.39, 0.29) is 6.61 Å². The molecule has 2 rings (SSSR count). The lowest BCUT2D eigenvalue weighted by atomic mass is 10.1. The van der Waals surface area contributed by atoms with Crippen molar-refractivity contribution < 1.29 is 9.84 Å². The van der Waals surface area contributed by atoms with E-state index >= 15 is 0 Å². The van der Waals surface area contributed by atoms with Crippen molar-refractivity contribution in [1.29, 1.82) is 0 Å². The standard InChI is InChI=1S/C13H18ClNO2/c1-15(8-12-3-2-6-17-12)13-5-4-11(14)7-10(13)9-16/h4-5,7,12,16H,2-3,6,8-9H2,1H3.